The highest BCUT2D eigenvalue weighted by Gasteiger charge is 2.26. The maximum Gasteiger partial charge on any atom is 0.270 e. The largest absolute Gasteiger partial charge is 0.494 e. The number of carbonyl (C=O) groups excluding carboxylic acids is 1. The number of hydrogen-bond donors (Lipinski definition) is 1. The minimum absolute atomic E-state index is 0.104. The van der Waals surface area contributed by atoms with Gasteiger partial charge < -0.3 is 19.5 Å². The Morgan fingerprint density at radius 2 is 2.09 bits per heavy atom. The Labute approximate surface area is 188 Å². The third kappa shape index (κ3) is 4.89. The zero-order chi connectivity index (χ0) is 23.5. The Balaban J connectivity index is 1.47. The fourth-order valence-corrected chi connectivity index (χ4v) is 3.39. The molecule has 1 atom stereocenters. The number of amides is 1. The van der Waals surface area contributed by atoms with E-state index in [9.17, 15) is 14.0 Å². The molecule has 4 rings (SSSR count). The van der Waals surface area contributed by atoms with Crippen LogP contribution in [0, 0.1) is 12.7 Å². The predicted octanol–water partition coefficient (Wildman–Crippen LogP) is 2.43. The number of methoxy groups -OCH3 is 1. The minimum atomic E-state index is -0.475. The number of hydrogen-bond acceptors (Lipinski definition) is 7. The normalized spacial score (nSPS) is 15.0. The van der Waals surface area contributed by atoms with Crippen molar-refractivity contribution in [3.05, 3.63) is 87.1 Å². The van der Waals surface area contributed by atoms with Gasteiger partial charge in [-0.25, -0.2) is 14.4 Å². The van der Waals surface area contributed by atoms with E-state index >= 15 is 0 Å². The Kier molecular flexibility index (Phi) is 6.16. The summed E-state index contributed by atoms with van der Waals surface area (Å²) in [6, 6.07) is 9.23. The van der Waals surface area contributed by atoms with Gasteiger partial charge in [0.05, 0.1) is 12.8 Å². The quantitative estimate of drug-likeness (QED) is 0.617. The highest BCUT2D eigenvalue weighted by molar-refractivity contribution is 6.02. The molecule has 0 aliphatic carbocycles. The summed E-state index contributed by atoms with van der Waals surface area (Å²) in [5, 5.41) is 6.88. The van der Waals surface area contributed by atoms with Crippen LogP contribution in [0.1, 0.15) is 45.7 Å². The van der Waals surface area contributed by atoms with E-state index in [0.717, 1.165) is 5.56 Å². The summed E-state index contributed by atoms with van der Waals surface area (Å²) in [4.78, 5) is 38.7. The van der Waals surface area contributed by atoms with Crippen LogP contribution in [-0.4, -0.2) is 33.3 Å². The minimum Gasteiger partial charge on any atom is -0.494 e. The molecule has 1 aliphatic rings. The van der Waals surface area contributed by atoms with Gasteiger partial charge in [0.25, 0.3) is 11.5 Å². The van der Waals surface area contributed by atoms with Crippen LogP contribution >= 0.6 is 0 Å². The Morgan fingerprint density at radius 3 is 2.85 bits per heavy atom. The molecule has 33 heavy (non-hydrogen) atoms. The fraction of sp³-hybridized carbons (Fsp3) is 0.261. The molecule has 0 fully saturated rings. The summed E-state index contributed by atoms with van der Waals surface area (Å²) in [6.07, 6.45) is 1.67. The molecule has 0 spiro atoms. The van der Waals surface area contributed by atoms with Crippen molar-refractivity contribution >= 4 is 11.6 Å². The van der Waals surface area contributed by atoms with Crippen molar-refractivity contribution < 1.29 is 18.8 Å². The average Bonchev–Trinajstić information content (AvgIpc) is 3.30. The zero-order valence-electron chi connectivity index (χ0n) is 18.3. The Bertz CT molecular complexity index is 1300. The van der Waals surface area contributed by atoms with Gasteiger partial charge in [0.15, 0.2) is 17.7 Å². The molecule has 2 aromatic heterocycles. The summed E-state index contributed by atoms with van der Waals surface area (Å²) in [5.74, 6) is -0.377. The van der Waals surface area contributed by atoms with Crippen LogP contribution in [0.15, 0.2) is 52.5 Å². The van der Waals surface area contributed by atoms with Gasteiger partial charge in [-0.05, 0) is 36.8 Å². The first-order valence-electron chi connectivity index (χ1n) is 10.2. The Morgan fingerprint density at radius 1 is 1.27 bits per heavy atom. The van der Waals surface area contributed by atoms with Crippen molar-refractivity contribution in [2.45, 2.75) is 26.0 Å². The molecular formula is C23H22FN5O4. The van der Waals surface area contributed by atoms with E-state index in [4.69, 9.17) is 9.57 Å². The van der Waals surface area contributed by atoms with Gasteiger partial charge >= 0.3 is 0 Å². The second kappa shape index (κ2) is 9.19. The van der Waals surface area contributed by atoms with Crippen LogP contribution in [0.25, 0.3) is 0 Å². The molecule has 170 valence electrons. The summed E-state index contributed by atoms with van der Waals surface area (Å²) in [5.41, 5.74) is 2.46. The van der Waals surface area contributed by atoms with Crippen molar-refractivity contribution in [1.29, 1.82) is 0 Å². The van der Waals surface area contributed by atoms with Crippen molar-refractivity contribution in [1.82, 2.24) is 19.9 Å². The van der Waals surface area contributed by atoms with Gasteiger partial charge in [0.1, 0.15) is 17.2 Å². The SMILES string of the molecule is COc1cc(CNC(=O)c2cc(C3=NO[C@H](c4ccn(C)c(=O)c4)C3)nc(C)n2)ccc1F. The first-order valence-corrected chi connectivity index (χ1v) is 10.2. The molecule has 1 aromatic carbocycles. The smallest absolute Gasteiger partial charge is 0.270 e. The number of rotatable bonds is 6. The second-order valence-electron chi connectivity index (χ2n) is 7.58. The lowest BCUT2D eigenvalue weighted by atomic mass is 10.0. The number of nitrogens with one attached hydrogen (secondary N) is 1. The van der Waals surface area contributed by atoms with Gasteiger partial charge in [-0.2, -0.15) is 0 Å². The van der Waals surface area contributed by atoms with E-state index in [1.165, 1.54) is 29.9 Å². The van der Waals surface area contributed by atoms with Crippen LogP contribution in [0.5, 0.6) is 5.75 Å². The van der Waals surface area contributed by atoms with Crippen molar-refractivity contribution in [2.24, 2.45) is 12.2 Å². The van der Waals surface area contributed by atoms with E-state index in [-0.39, 0.29) is 23.5 Å². The molecule has 0 radical (unpaired) electrons. The summed E-state index contributed by atoms with van der Waals surface area (Å²) in [7, 11) is 3.05. The molecule has 0 unspecified atom stereocenters. The van der Waals surface area contributed by atoms with Crippen LogP contribution in [0.4, 0.5) is 4.39 Å². The van der Waals surface area contributed by atoms with Crippen LogP contribution < -0.4 is 15.6 Å². The van der Waals surface area contributed by atoms with Gasteiger partial charge in [-0.1, -0.05) is 11.2 Å². The second-order valence-corrected chi connectivity index (χ2v) is 7.58. The maximum absolute atomic E-state index is 13.6. The van der Waals surface area contributed by atoms with Gasteiger partial charge in [0.2, 0.25) is 0 Å². The molecule has 10 heteroatoms. The molecule has 0 saturated carbocycles. The van der Waals surface area contributed by atoms with E-state index in [0.29, 0.717) is 29.2 Å². The lowest BCUT2D eigenvalue weighted by Gasteiger charge is -2.09. The van der Waals surface area contributed by atoms with Gasteiger partial charge in [-0.3, -0.25) is 9.59 Å². The number of halogens is 1. The topological polar surface area (TPSA) is 108 Å². The molecule has 1 N–H and O–H groups in total. The lowest BCUT2D eigenvalue weighted by molar-refractivity contribution is 0.0855. The molecule has 3 aromatic rings. The van der Waals surface area contributed by atoms with Gasteiger partial charge in [0, 0.05) is 37.8 Å². The number of ether oxygens (including phenoxy) is 1. The molecule has 9 nitrogen and oxygen atoms in total. The molecular weight excluding hydrogens is 429 g/mol. The first kappa shape index (κ1) is 22.1. The van der Waals surface area contributed by atoms with Crippen molar-refractivity contribution in [3.8, 4) is 5.75 Å². The molecule has 0 bridgehead atoms. The first-order chi connectivity index (χ1) is 15.8. The number of benzene rings is 1. The third-order valence-corrected chi connectivity index (χ3v) is 5.20. The van der Waals surface area contributed by atoms with E-state index in [1.807, 2.05) is 0 Å². The molecule has 1 amide bonds. The van der Waals surface area contributed by atoms with Crippen LogP contribution in [0.2, 0.25) is 0 Å². The zero-order valence-corrected chi connectivity index (χ0v) is 18.3. The molecule has 3 heterocycles. The number of nitrogens with zero attached hydrogens (tertiary/aromatic N) is 4. The van der Waals surface area contributed by atoms with E-state index in [1.54, 1.807) is 38.4 Å². The number of pyridine rings is 1. The van der Waals surface area contributed by atoms with Gasteiger partial charge in [-0.15, -0.1) is 0 Å². The summed E-state index contributed by atoms with van der Waals surface area (Å²) >= 11 is 0. The lowest BCUT2D eigenvalue weighted by Crippen LogP contribution is -2.25. The fourth-order valence-electron chi connectivity index (χ4n) is 3.39. The van der Waals surface area contributed by atoms with Crippen molar-refractivity contribution in [3.63, 3.8) is 0 Å². The van der Waals surface area contributed by atoms with E-state index < -0.39 is 17.8 Å². The van der Waals surface area contributed by atoms with Crippen LogP contribution in [0.3, 0.4) is 0 Å². The summed E-state index contributed by atoms with van der Waals surface area (Å²) < 4.78 is 20.0. The standard InChI is InChI=1S/C23H22FN5O4/c1-13-26-17(18-11-20(33-28-18)15-6-7-29(2)22(30)9-15)10-19(27-13)23(31)25-12-14-4-5-16(24)21(8-14)32-3/h4-10,20H,11-12H2,1-3H3,(H,25,31)/t20-/m0/s1. The highest BCUT2D eigenvalue weighted by atomic mass is 19.1. The third-order valence-electron chi connectivity index (χ3n) is 5.20. The Hall–Kier alpha value is -4.08. The average molecular weight is 451 g/mol. The van der Waals surface area contributed by atoms with Crippen molar-refractivity contribution in [2.75, 3.05) is 7.11 Å². The van der Waals surface area contributed by atoms with E-state index in [2.05, 4.69) is 20.4 Å². The molecule has 1 aliphatic heterocycles. The highest BCUT2D eigenvalue weighted by Crippen LogP contribution is 2.28. The number of aryl methyl sites for hydroxylation is 2. The number of aromatic nitrogens is 3. The predicted molar refractivity (Wildman–Crippen MR) is 118 cm³/mol. The van der Waals surface area contributed by atoms with Crippen LogP contribution in [-0.2, 0) is 18.4 Å². The maximum atomic E-state index is 13.6. The molecule has 0 saturated heterocycles. The monoisotopic (exact) mass is 451 g/mol. The number of oxime groups is 1. The number of carbonyl (C=O) groups is 1. The summed E-state index contributed by atoms with van der Waals surface area (Å²) in [6.45, 7) is 1.85.